The summed E-state index contributed by atoms with van der Waals surface area (Å²) in [4.78, 5) is 11.4. The van der Waals surface area contributed by atoms with Crippen LogP contribution in [0.5, 0.6) is 5.75 Å². The summed E-state index contributed by atoms with van der Waals surface area (Å²) in [6.07, 6.45) is 0.931. The van der Waals surface area contributed by atoms with E-state index in [1.807, 2.05) is 12.1 Å². The van der Waals surface area contributed by atoms with Gasteiger partial charge in [0.15, 0.2) is 0 Å². The molecule has 0 atom stereocenters. The first-order valence-corrected chi connectivity index (χ1v) is 8.45. The smallest absolute Gasteiger partial charge is 0.227 e. The van der Waals surface area contributed by atoms with Gasteiger partial charge in [0, 0.05) is 19.4 Å². The lowest BCUT2D eigenvalue weighted by Gasteiger charge is -2.08. The zero-order valence-corrected chi connectivity index (χ0v) is 14.2. The van der Waals surface area contributed by atoms with Crippen molar-refractivity contribution in [3.63, 3.8) is 0 Å². The Kier molecular flexibility index (Phi) is 6.49. The fourth-order valence-corrected chi connectivity index (χ4v) is 2.66. The van der Waals surface area contributed by atoms with Crippen molar-refractivity contribution >= 4 is 22.4 Å². The zero-order chi connectivity index (χ0) is 16.7. The van der Waals surface area contributed by atoms with Gasteiger partial charge in [0.05, 0.1) is 6.61 Å². The highest BCUT2D eigenvalue weighted by atomic mass is 32.1. The molecule has 7 heteroatoms. The number of ether oxygens (including phenoxy) is 1. The molecule has 0 aliphatic carbocycles. The van der Waals surface area contributed by atoms with Crippen molar-refractivity contribution in [1.29, 1.82) is 0 Å². The highest BCUT2D eigenvalue weighted by molar-refractivity contribution is 7.15. The molecular formula is C16H22N4O2S. The van der Waals surface area contributed by atoms with Crippen molar-refractivity contribution in [2.75, 3.05) is 18.5 Å². The molecule has 2 aromatic rings. The number of anilines is 1. The largest absolute Gasteiger partial charge is 0.493 e. The fourth-order valence-electron chi connectivity index (χ4n) is 1.92. The Balaban J connectivity index is 1.78. The molecule has 3 N–H and O–H groups in total. The number of carbonyl (C=O) groups excluding carboxylic acids is 1. The molecule has 6 nitrogen and oxygen atoms in total. The molecule has 1 aromatic carbocycles. The van der Waals surface area contributed by atoms with Crippen LogP contribution in [0.2, 0.25) is 0 Å². The van der Waals surface area contributed by atoms with Gasteiger partial charge >= 0.3 is 0 Å². The standard InChI is InChI=1S/C16H22N4O2S/c1-11(2)12-3-5-13(6-4-12)22-10-8-15-19-20-16(23-15)18-14(21)7-9-17/h3-6,11H,7-10,17H2,1-2H3,(H,18,20,21). The molecule has 0 aliphatic heterocycles. The van der Waals surface area contributed by atoms with Crippen LogP contribution in [0.25, 0.3) is 0 Å². The lowest BCUT2D eigenvalue weighted by atomic mass is 10.0. The topological polar surface area (TPSA) is 90.1 Å². The first-order chi connectivity index (χ1) is 11.1. The third kappa shape index (κ3) is 5.61. The number of nitrogens with zero attached hydrogens (tertiary/aromatic N) is 2. The van der Waals surface area contributed by atoms with Crippen LogP contribution in [-0.2, 0) is 11.2 Å². The molecule has 0 fully saturated rings. The van der Waals surface area contributed by atoms with E-state index in [9.17, 15) is 4.79 Å². The summed E-state index contributed by atoms with van der Waals surface area (Å²) in [5.41, 5.74) is 6.62. The number of nitrogens with one attached hydrogen (secondary N) is 1. The van der Waals surface area contributed by atoms with Crippen molar-refractivity contribution in [2.24, 2.45) is 5.73 Å². The van der Waals surface area contributed by atoms with Crippen LogP contribution in [0.3, 0.4) is 0 Å². The first-order valence-electron chi connectivity index (χ1n) is 7.63. The highest BCUT2D eigenvalue weighted by Gasteiger charge is 2.08. The van der Waals surface area contributed by atoms with Crippen molar-refractivity contribution in [2.45, 2.75) is 32.6 Å². The number of aromatic nitrogens is 2. The van der Waals surface area contributed by atoms with Gasteiger partial charge in [-0.15, -0.1) is 10.2 Å². The molecule has 0 radical (unpaired) electrons. The highest BCUT2D eigenvalue weighted by Crippen LogP contribution is 2.19. The second-order valence-electron chi connectivity index (χ2n) is 5.41. The normalized spacial score (nSPS) is 10.8. The number of carbonyl (C=O) groups is 1. The zero-order valence-electron chi connectivity index (χ0n) is 13.4. The summed E-state index contributed by atoms with van der Waals surface area (Å²) >= 11 is 1.35. The molecule has 1 amide bonds. The number of nitrogens with two attached hydrogens (primary N) is 1. The molecular weight excluding hydrogens is 312 g/mol. The molecule has 1 aromatic heterocycles. The van der Waals surface area contributed by atoms with E-state index in [4.69, 9.17) is 10.5 Å². The van der Waals surface area contributed by atoms with E-state index >= 15 is 0 Å². The molecule has 124 valence electrons. The van der Waals surface area contributed by atoms with Gasteiger partial charge in [-0.1, -0.05) is 37.3 Å². The van der Waals surface area contributed by atoms with E-state index in [1.165, 1.54) is 16.9 Å². The predicted octanol–water partition coefficient (Wildman–Crippen LogP) is 2.57. The maximum atomic E-state index is 11.4. The Bertz CT molecular complexity index is 625. The summed E-state index contributed by atoms with van der Waals surface area (Å²) in [5.74, 6) is 1.21. The van der Waals surface area contributed by atoms with Gasteiger partial charge < -0.3 is 15.8 Å². The van der Waals surface area contributed by atoms with E-state index in [-0.39, 0.29) is 12.3 Å². The van der Waals surface area contributed by atoms with E-state index < -0.39 is 0 Å². The van der Waals surface area contributed by atoms with Crippen molar-refractivity contribution < 1.29 is 9.53 Å². The molecule has 0 aliphatic rings. The van der Waals surface area contributed by atoms with Crippen LogP contribution >= 0.6 is 11.3 Å². The average Bonchev–Trinajstić information content (AvgIpc) is 2.95. The summed E-state index contributed by atoms with van der Waals surface area (Å²) in [5, 5.41) is 12.0. The van der Waals surface area contributed by atoms with E-state index in [0.717, 1.165) is 10.8 Å². The van der Waals surface area contributed by atoms with Gasteiger partial charge in [-0.05, 0) is 23.6 Å². The number of hydrogen-bond donors (Lipinski definition) is 2. The Morgan fingerprint density at radius 3 is 2.70 bits per heavy atom. The third-order valence-electron chi connectivity index (χ3n) is 3.22. The quantitative estimate of drug-likeness (QED) is 0.774. The molecule has 0 saturated carbocycles. The van der Waals surface area contributed by atoms with E-state index in [2.05, 4.69) is 41.5 Å². The number of amides is 1. The Labute approximate surface area is 140 Å². The lowest BCUT2D eigenvalue weighted by molar-refractivity contribution is -0.116. The minimum absolute atomic E-state index is 0.142. The van der Waals surface area contributed by atoms with Gasteiger partial charge in [-0.25, -0.2) is 0 Å². The summed E-state index contributed by atoms with van der Waals surface area (Å²) < 4.78 is 5.71. The van der Waals surface area contributed by atoms with Gasteiger partial charge in [-0.2, -0.15) is 0 Å². The van der Waals surface area contributed by atoms with Crippen LogP contribution in [0, 0.1) is 0 Å². The summed E-state index contributed by atoms with van der Waals surface area (Å²) in [6.45, 7) is 5.16. The molecule has 2 rings (SSSR count). The van der Waals surface area contributed by atoms with E-state index in [0.29, 0.717) is 30.6 Å². The van der Waals surface area contributed by atoms with Crippen molar-refractivity contribution in [1.82, 2.24) is 10.2 Å². The maximum Gasteiger partial charge on any atom is 0.227 e. The van der Waals surface area contributed by atoms with Crippen molar-refractivity contribution in [3.8, 4) is 5.75 Å². The number of hydrogen-bond acceptors (Lipinski definition) is 6. The number of rotatable bonds is 8. The monoisotopic (exact) mass is 334 g/mol. The average molecular weight is 334 g/mol. The summed E-state index contributed by atoms with van der Waals surface area (Å²) in [6, 6.07) is 8.12. The van der Waals surface area contributed by atoms with E-state index in [1.54, 1.807) is 0 Å². The van der Waals surface area contributed by atoms with Crippen LogP contribution < -0.4 is 15.8 Å². The number of benzene rings is 1. The Morgan fingerprint density at radius 2 is 2.04 bits per heavy atom. The minimum Gasteiger partial charge on any atom is -0.493 e. The maximum absolute atomic E-state index is 11.4. The van der Waals surface area contributed by atoms with Crippen molar-refractivity contribution in [3.05, 3.63) is 34.8 Å². The second kappa shape index (κ2) is 8.59. The second-order valence-corrected chi connectivity index (χ2v) is 6.47. The predicted molar refractivity (Wildman–Crippen MR) is 91.9 cm³/mol. The minimum atomic E-state index is -0.142. The first kappa shape index (κ1) is 17.4. The SMILES string of the molecule is CC(C)c1ccc(OCCc2nnc(NC(=O)CCN)s2)cc1. The van der Waals surface area contributed by atoms with Gasteiger partial charge in [0.1, 0.15) is 10.8 Å². The third-order valence-corrected chi connectivity index (χ3v) is 4.11. The molecule has 23 heavy (non-hydrogen) atoms. The Hall–Kier alpha value is -1.99. The van der Waals surface area contributed by atoms with Crippen LogP contribution in [0.4, 0.5) is 5.13 Å². The Morgan fingerprint density at radius 1 is 1.30 bits per heavy atom. The molecule has 0 spiro atoms. The van der Waals surface area contributed by atoms with Gasteiger partial charge in [0.2, 0.25) is 11.0 Å². The molecule has 0 bridgehead atoms. The van der Waals surface area contributed by atoms with Crippen LogP contribution in [0.15, 0.2) is 24.3 Å². The fraction of sp³-hybridized carbons (Fsp3) is 0.438. The van der Waals surface area contributed by atoms with Gasteiger partial charge in [0.25, 0.3) is 0 Å². The summed E-state index contributed by atoms with van der Waals surface area (Å²) in [7, 11) is 0. The van der Waals surface area contributed by atoms with Gasteiger partial charge in [-0.3, -0.25) is 4.79 Å². The van der Waals surface area contributed by atoms with Crippen LogP contribution in [-0.4, -0.2) is 29.3 Å². The molecule has 0 saturated heterocycles. The lowest BCUT2D eigenvalue weighted by Crippen LogP contribution is -2.15. The van der Waals surface area contributed by atoms with Crippen LogP contribution in [0.1, 0.15) is 36.8 Å². The molecule has 0 unspecified atom stereocenters. The molecule has 1 heterocycles.